The number of hydrogen-bond donors (Lipinski definition) is 0. The van der Waals surface area contributed by atoms with Crippen molar-refractivity contribution in [1.29, 1.82) is 0 Å². The molecule has 0 unspecified atom stereocenters. The number of nitrogens with zero attached hydrogens (tertiary/aromatic N) is 4. The van der Waals surface area contributed by atoms with Gasteiger partial charge in [-0.1, -0.05) is 241 Å². The van der Waals surface area contributed by atoms with E-state index in [0.717, 1.165) is 0 Å². The van der Waals surface area contributed by atoms with Crippen molar-refractivity contribution >= 4 is 33.7 Å². The van der Waals surface area contributed by atoms with E-state index in [1.54, 1.807) is 0 Å². The summed E-state index contributed by atoms with van der Waals surface area (Å²) >= 11 is 0. The zero-order valence-corrected chi connectivity index (χ0v) is 41.8. The van der Waals surface area contributed by atoms with Gasteiger partial charge in [0.1, 0.15) is 0 Å². The minimum atomic E-state index is -1.79. The van der Waals surface area contributed by atoms with Crippen molar-refractivity contribution in [1.82, 2.24) is 9.13 Å². The molecule has 0 N–H and O–H groups in total. The van der Waals surface area contributed by atoms with E-state index in [4.69, 9.17) is 0 Å². The van der Waals surface area contributed by atoms with E-state index in [1.165, 1.54) is 0 Å². The lowest BCUT2D eigenvalue weighted by Crippen LogP contribution is -2.71. The molecule has 4 aromatic carbocycles. The van der Waals surface area contributed by atoms with Crippen LogP contribution < -0.4 is 10.7 Å². The van der Waals surface area contributed by atoms with E-state index in [0.29, 0.717) is 89.4 Å². The maximum atomic E-state index is 9.86. The van der Waals surface area contributed by atoms with E-state index < -0.39 is 5.91 Å². The molecule has 4 heteroatoms. The first-order chi connectivity index (χ1) is 35.7. The van der Waals surface area contributed by atoms with Crippen molar-refractivity contribution in [3.63, 3.8) is 0 Å². The van der Waals surface area contributed by atoms with Gasteiger partial charge in [0.2, 0.25) is 22.8 Å². The Morgan fingerprint density at radius 1 is 0.338 bits per heavy atom. The Hall–Kier alpha value is -6.52. The van der Waals surface area contributed by atoms with Crippen molar-refractivity contribution < 1.29 is 20.1 Å². The summed E-state index contributed by atoms with van der Waals surface area (Å²) in [7, 11) is 0. The summed E-state index contributed by atoms with van der Waals surface area (Å²) < 4.78 is 86.5. The molecular formula is C61H76N4+2. The molecule has 6 aromatic rings. The van der Waals surface area contributed by atoms with Crippen molar-refractivity contribution in [2.24, 2.45) is 0 Å². The second-order valence-corrected chi connectivity index (χ2v) is 12.7. The fourth-order valence-electron chi connectivity index (χ4n) is 8.52. The first-order valence-electron chi connectivity index (χ1n) is 28.3. The molecule has 2 aromatic heterocycles. The van der Waals surface area contributed by atoms with E-state index in [1.807, 2.05) is 250 Å². The Balaban J connectivity index is 0.000000663. The number of hydrogen-bond acceptors (Lipinski definition) is 0. The van der Waals surface area contributed by atoms with Crippen LogP contribution in [0.3, 0.4) is 0 Å². The highest BCUT2D eigenvalue weighted by Crippen LogP contribution is 2.52. The summed E-state index contributed by atoms with van der Waals surface area (Å²) in [6.45, 7) is 32.0. The van der Waals surface area contributed by atoms with Crippen LogP contribution in [0.5, 0.6) is 0 Å². The number of allylic oxidation sites excluding steroid dienone is 4. The lowest BCUT2D eigenvalue weighted by molar-refractivity contribution is -0.834. The molecule has 0 saturated carbocycles. The van der Waals surface area contributed by atoms with Gasteiger partial charge in [0, 0.05) is 24.2 Å². The molecule has 65 heavy (non-hydrogen) atoms. The fraction of sp³-hybridized carbons (Fsp3) is 0.279. The Kier molecular flexibility index (Phi) is 14.8. The first kappa shape index (κ1) is 40.0. The second-order valence-electron chi connectivity index (χ2n) is 12.7. The van der Waals surface area contributed by atoms with Crippen molar-refractivity contribution in [3.8, 4) is 0 Å². The zero-order chi connectivity index (χ0) is 54.8. The standard InChI is InChI=1S/C45H28N4.8C2H6/c1-5-13-29(14-6-1)41-33-21-23-35-42(30-15-7-2-8-16-30)37-25-27-39-44(32-19-11-4-12-20-32)40-28-26-38-43(31-17-9-3-10-18-31)36-24-22-34(41)47(36)45(46(33)35,48(37)39)49(38)40;8*1-2/h1-28H;8*1-2H3/q+2;;;;;;;;/i21D,22D,23D,24D,25D,26D,27D,28D;;;;;;;;. The fourth-order valence-corrected chi connectivity index (χ4v) is 8.52. The molecule has 12 rings (SSSR count). The van der Waals surface area contributed by atoms with E-state index in [2.05, 4.69) is 0 Å². The van der Waals surface area contributed by atoms with Crippen LogP contribution in [0.1, 0.15) is 155 Å². The van der Waals surface area contributed by atoms with Crippen LogP contribution in [-0.4, -0.2) is 29.7 Å². The summed E-state index contributed by atoms with van der Waals surface area (Å²) in [4.78, 5) is 0. The van der Waals surface area contributed by atoms with Gasteiger partial charge in [0.15, 0.2) is 0 Å². The van der Waals surface area contributed by atoms with Gasteiger partial charge in [-0.05, 0) is 46.4 Å². The van der Waals surface area contributed by atoms with Crippen LogP contribution in [0.4, 0.5) is 0 Å². The Morgan fingerprint density at radius 2 is 0.615 bits per heavy atom. The second kappa shape index (κ2) is 24.0. The Bertz CT molecular complexity index is 3070. The molecular weight excluding hydrogens is 789 g/mol. The van der Waals surface area contributed by atoms with Gasteiger partial charge in [0.25, 0.3) is 0 Å². The van der Waals surface area contributed by atoms with Gasteiger partial charge in [-0.25, -0.2) is 0 Å². The van der Waals surface area contributed by atoms with Crippen molar-refractivity contribution in [3.05, 3.63) is 225 Å². The van der Waals surface area contributed by atoms with E-state index in [9.17, 15) is 11.0 Å². The summed E-state index contributed by atoms with van der Waals surface area (Å²) in [5.74, 6) is -1.79. The third-order valence-electron chi connectivity index (χ3n) is 10.3. The average Bonchev–Trinajstić information content (AvgIpc) is 4.11. The molecule has 0 fully saturated rings. The van der Waals surface area contributed by atoms with Crippen LogP contribution in [0.25, 0.3) is 22.3 Å². The summed E-state index contributed by atoms with van der Waals surface area (Å²) in [5.41, 5.74) is 6.72. The molecule has 1 spiro atoms. The van der Waals surface area contributed by atoms with E-state index in [-0.39, 0.29) is 48.4 Å². The predicted octanol–water partition coefficient (Wildman–Crippen LogP) is 14.6. The molecule has 0 amide bonds. The summed E-state index contributed by atoms with van der Waals surface area (Å²) in [5, 5.41) is 0.663. The van der Waals surface area contributed by atoms with Crippen molar-refractivity contribution in [2.75, 3.05) is 0 Å². The third-order valence-corrected chi connectivity index (χ3v) is 10.3. The monoisotopic (exact) mass is 873 g/mol. The maximum Gasteiger partial charge on any atom is 0.553 e. The molecule has 0 radical (unpaired) electrons. The van der Waals surface area contributed by atoms with Crippen LogP contribution in [0, 0.1) is 0 Å². The topological polar surface area (TPSA) is 15.9 Å². The van der Waals surface area contributed by atoms with Gasteiger partial charge in [-0.3, -0.25) is 0 Å². The molecule has 4 nitrogen and oxygen atoms in total. The van der Waals surface area contributed by atoms with Gasteiger partial charge in [-0.2, -0.15) is 9.13 Å². The number of aromatic nitrogens is 2. The van der Waals surface area contributed by atoms with Crippen molar-refractivity contribution in [2.45, 2.75) is 117 Å². The predicted molar refractivity (Wildman–Crippen MR) is 284 cm³/mol. The van der Waals surface area contributed by atoms with Crippen LogP contribution >= 0.6 is 0 Å². The Morgan fingerprint density at radius 3 is 0.908 bits per heavy atom. The molecule has 6 aliphatic heterocycles. The van der Waals surface area contributed by atoms with Gasteiger partial charge in [0.05, 0.1) is 55.3 Å². The molecule has 6 aliphatic rings. The molecule has 0 aliphatic carbocycles. The van der Waals surface area contributed by atoms with Crippen LogP contribution in [0.2, 0.25) is 0 Å². The largest absolute Gasteiger partial charge is 0.553 e. The lowest BCUT2D eigenvalue weighted by atomic mass is 9.93. The quantitative estimate of drug-likeness (QED) is 0.157. The zero-order valence-electron chi connectivity index (χ0n) is 49.8. The smallest absolute Gasteiger partial charge is 0.198 e. The highest BCUT2D eigenvalue weighted by molar-refractivity contribution is 6.29. The molecule has 0 atom stereocenters. The highest BCUT2D eigenvalue weighted by Gasteiger charge is 2.72. The minimum absolute atomic E-state index is 0.0976. The van der Waals surface area contributed by atoms with Gasteiger partial charge in [-0.15, -0.1) is 0 Å². The third kappa shape index (κ3) is 7.92. The molecule has 8 heterocycles. The number of rotatable bonds is 4. The van der Waals surface area contributed by atoms with Gasteiger partial charge >= 0.3 is 5.91 Å². The molecule has 0 bridgehead atoms. The maximum absolute atomic E-state index is 9.86. The molecule has 0 saturated heterocycles. The molecule has 338 valence electrons. The Labute approximate surface area is 403 Å². The van der Waals surface area contributed by atoms with Crippen LogP contribution in [-0.2, 0) is 5.91 Å². The van der Waals surface area contributed by atoms with Gasteiger partial charge < -0.3 is 0 Å². The minimum Gasteiger partial charge on any atom is -0.198 e. The summed E-state index contributed by atoms with van der Waals surface area (Å²) in [6.07, 6.45) is 0. The number of benzene rings is 4. The normalized spacial score (nSPS) is 16.8. The average molecular weight is 873 g/mol. The SMILES string of the molecule is CC.CC.CC.CC.CC.CC.CC.CC.[2H]C1=C([2H])C2=[N+]3C1=C(c1ccccc1)c1c([2H])c([2H])c4n1C31n3c(c([2H])c([2H])c3=C(c3ccccc3)C3=[N+]1C(=C4c1ccccc1)C([2H])=C3[2H])=C2c1ccccc1. The highest BCUT2D eigenvalue weighted by atomic mass is 15.6. The first-order valence-corrected chi connectivity index (χ1v) is 24.3. The van der Waals surface area contributed by atoms with E-state index >= 15 is 0 Å². The summed E-state index contributed by atoms with van der Waals surface area (Å²) in [6, 6.07) is 37.1. The van der Waals surface area contributed by atoms with Crippen LogP contribution in [0.15, 0.2) is 181 Å². The lowest BCUT2D eigenvalue weighted by Gasteiger charge is -2.41.